The zero-order valence-corrected chi connectivity index (χ0v) is 7.14. The lowest BCUT2D eigenvalue weighted by molar-refractivity contribution is 0.0694. The van der Waals surface area contributed by atoms with E-state index in [2.05, 4.69) is 5.10 Å². The normalized spacial score (nSPS) is 9.17. The monoisotopic (exact) mass is 194 g/mol. The molecule has 0 aliphatic heterocycles. The lowest BCUT2D eigenvalue weighted by Crippen LogP contribution is -1.97. The van der Waals surface area contributed by atoms with Gasteiger partial charge in [-0.15, -0.1) is 12.4 Å². The summed E-state index contributed by atoms with van der Waals surface area (Å²) in [5.74, 6) is -1.15. The molecule has 0 amide bonds. The van der Waals surface area contributed by atoms with E-state index in [1.165, 1.54) is 10.9 Å². The van der Waals surface area contributed by atoms with Gasteiger partial charge in [0.25, 0.3) is 0 Å². The van der Waals surface area contributed by atoms with Gasteiger partial charge in [-0.05, 0) is 0 Å². The fourth-order valence-electron chi connectivity index (χ4n) is 0.812. The average molecular weight is 195 g/mol. The second kappa shape index (κ2) is 4.06. The molecule has 1 N–H and O–H groups in total. The number of hydrogen-bond donors (Lipinski definition) is 1. The van der Waals surface area contributed by atoms with Crippen LogP contribution in [0.15, 0.2) is 6.20 Å². The number of rotatable bonds is 2. The summed E-state index contributed by atoms with van der Waals surface area (Å²) in [5.41, 5.74) is -0.102. The van der Waals surface area contributed by atoms with Crippen molar-refractivity contribution in [1.29, 1.82) is 0 Å². The Labute approximate surface area is 74.4 Å². The third kappa shape index (κ3) is 1.94. The van der Waals surface area contributed by atoms with E-state index in [-0.39, 0.29) is 23.7 Å². The molecule has 0 fully saturated rings. The number of aryl methyl sites for hydroxylation is 1. The Bertz CT molecular complexity index is 287. The van der Waals surface area contributed by atoms with Crippen LogP contribution in [0, 0.1) is 0 Å². The van der Waals surface area contributed by atoms with Gasteiger partial charge in [0.05, 0.1) is 0 Å². The minimum absolute atomic E-state index is 0. The summed E-state index contributed by atoms with van der Waals surface area (Å²) in [6, 6.07) is 0. The number of hydrogen-bond acceptors (Lipinski definition) is 2. The average Bonchev–Trinajstić information content (AvgIpc) is 2.30. The molecule has 6 heteroatoms. The topological polar surface area (TPSA) is 55.1 Å². The number of aromatic nitrogens is 2. The molecule has 68 valence electrons. The summed E-state index contributed by atoms with van der Waals surface area (Å²) in [6.45, 7) is -0.845. The van der Waals surface area contributed by atoms with Crippen LogP contribution in [0.1, 0.15) is 16.1 Å². The van der Waals surface area contributed by atoms with E-state index in [9.17, 15) is 9.18 Å². The van der Waals surface area contributed by atoms with Gasteiger partial charge in [0, 0.05) is 13.2 Å². The number of nitrogens with zero attached hydrogens (tertiary/aromatic N) is 2. The van der Waals surface area contributed by atoms with Gasteiger partial charge >= 0.3 is 5.97 Å². The molecule has 0 spiro atoms. The molecule has 0 unspecified atom stereocenters. The van der Waals surface area contributed by atoms with Crippen LogP contribution in [0.25, 0.3) is 0 Å². The van der Waals surface area contributed by atoms with Crippen molar-refractivity contribution >= 4 is 18.4 Å². The Balaban J connectivity index is 0.00000121. The maximum Gasteiger partial charge on any atom is 0.339 e. The summed E-state index contributed by atoms with van der Waals surface area (Å²) >= 11 is 0. The van der Waals surface area contributed by atoms with Crippen LogP contribution in [-0.2, 0) is 13.7 Å². The second-order valence-corrected chi connectivity index (χ2v) is 2.10. The highest BCUT2D eigenvalue weighted by Gasteiger charge is 2.13. The van der Waals surface area contributed by atoms with Gasteiger partial charge in [-0.3, -0.25) is 4.68 Å². The lowest BCUT2D eigenvalue weighted by Gasteiger charge is -1.87. The van der Waals surface area contributed by atoms with Gasteiger partial charge in [0.2, 0.25) is 0 Å². The summed E-state index contributed by atoms with van der Waals surface area (Å²) < 4.78 is 13.3. The number of aromatic carboxylic acids is 1. The number of halogens is 2. The van der Waals surface area contributed by atoms with E-state index in [0.29, 0.717) is 0 Å². The Hall–Kier alpha value is -1.10. The lowest BCUT2D eigenvalue weighted by atomic mass is 10.3. The van der Waals surface area contributed by atoms with E-state index in [0.717, 1.165) is 0 Å². The third-order valence-electron chi connectivity index (χ3n) is 1.26. The molecule has 12 heavy (non-hydrogen) atoms. The maximum absolute atomic E-state index is 12.0. The molecule has 0 saturated carbocycles. The molecule has 0 radical (unpaired) electrons. The smallest absolute Gasteiger partial charge is 0.339 e. The SMILES string of the molecule is Cl.Cn1cc(C(=O)O)c(CF)n1. The summed E-state index contributed by atoms with van der Waals surface area (Å²) in [7, 11) is 1.55. The van der Waals surface area contributed by atoms with E-state index < -0.39 is 12.6 Å². The molecule has 1 heterocycles. The van der Waals surface area contributed by atoms with Crippen LogP contribution in [0.4, 0.5) is 4.39 Å². The van der Waals surface area contributed by atoms with Gasteiger partial charge in [0.1, 0.15) is 17.9 Å². The Morgan fingerprint density at radius 1 is 1.83 bits per heavy atom. The van der Waals surface area contributed by atoms with Crippen LogP contribution in [0.5, 0.6) is 0 Å². The molecule has 0 aromatic carbocycles. The molecule has 0 bridgehead atoms. The highest BCUT2D eigenvalue weighted by molar-refractivity contribution is 5.88. The summed E-state index contributed by atoms with van der Waals surface area (Å²) in [4.78, 5) is 10.4. The minimum atomic E-state index is -1.15. The fourth-order valence-corrected chi connectivity index (χ4v) is 0.812. The van der Waals surface area contributed by atoms with Gasteiger partial charge in [-0.1, -0.05) is 0 Å². The number of carboxylic acid groups (broad SMARTS) is 1. The van der Waals surface area contributed by atoms with Gasteiger partial charge in [-0.2, -0.15) is 5.10 Å². The first-order valence-electron chi connectivity index (χ1n) is 2.97. The summed E-state index contributed by atoms with van der Waals surface area (Å²) in [5, 5.41) is 12.1. The second-order valence-electron chi connectivity index (χ2n) is 2.10. The zero-order chi connectivity index (χ0) is 8.43. The summed E-state index contributed by atoms with van der Waals surface area (Å²) in [6.07, 6.45) is 1.28. The predicted octanol–water partition coefficient (Wildman–Crippen LogP) is 1.01. The van der Waals surface area contributed by atoms with Crippen molar-refractivity contribution in [2.24, 2.45) is 7.05 Å². The quantitative estimate of drug-likeness (QED) is 0.765. The molecule has 1 aromatic heterocycles. The number of carboxylic acids is 1. The van der Waals surface area contributed by atoms with Crippen LogP contribution < -0.4 is 0 Å². The first-order valence-corrected chi connectivity index (χ1v) is 2.97. The highest BCUT2D eigenvalue weighted by Crippen LogP contribution is 2.06. The van der Waals surface area contributed by atoms with Crippen molar-refractivity contribution in [3.8, 4) is 0 Å². The van der Waals surface area contributed by atoms with Crippen molar-refractivity contribution in [2.45, 2.75) is 6.67 Å². The molecular weight excluding hydrogens is 187 g/mol. The standard InChI is InChI=1S/C6H7FN2O2.ClH/c1-9-3-4(6(10)11)5(2-7)8-9;/h3H,2H2,1H3,(H,10,11);1H. The molecular formula is C6H8ClFN2O2. The van der Waals surface area contributed by atoms with Crippen LogP contribution in [0.3, 0.4) is 0 Å². The minimum Gasteiger partial charge on any atom is -0.478 e. The van der Waals surface area contributed by atoms with Crippen LogP contribution in [0.2, 0.25) is 0 Å². The van der Waals surface area contributed by atoms with Gasteiger partial charge in [-0.25, -0.2) is 9.18 Å². The van der Waals surface area contributed by atoms with E-state index in [4.69, 9.17) is 5.11 Å². The Morgan fingerprint density at radius 3 is 2.75 bits per heavy atom. The van der Waals surface area contributed by atoms with Crippen LogP contribution >= 0.6 is 12.4 Å². The molecule has 0 atom stereocenters. The molecule has 1 rings (SSSR count). The van der Waals surface area contributed by atoms with Gasteiger partial charge in [0.15, 0.2) is 0 Å². The predicted molar refractivity (Wildman–Crippen MR) is 42.2 cm³/mol. The van der Waals surface area contributed by atoms with Crippen molar-refractivity contribution in [2.75, 3.05) is 0 Å². The van der Waals surface area contributed by atoms with Crippen molar-refractivity contribution in [3.05, 3.63) is 17.5 Å². The Morgan fingerprint density at radius 2 is 2.42 bits per heavy atom. The van der Waals surface area contributed by atoms with Gasteiger partial charge < -0.3 is 5.11 Å². The highest BCUT2D eigenvalue weighted by atomic mass is 35.5. The van der Waals surface area contributed by atoms with Crippen molar-refractivity contribution < 1.29 is 14.3 Å². The van der Waals surface area contributed by atoms with Crippen LogP contribution in [-0.4, -0.2) is 20.9 Å². The molecule has 0 saturated heterocycles. The zero-order valence-electron chi connectivity index (χ0n) is 6.32. The van der Waals surface area contributed by atoms with E-state index >= 15 is 0 Å². The number of alkyl halides is 1. The molecule has 4 nitrogen and oxygen atoms in total. The third-order valence-corrected chi connectivity index (χ3v) is 1.26. The van der Waals surface area contributed by atoms with E-state index in [1.54, 1.807) is 7.05 Å². The number of carbonyl (C=O) groups is 1. The first-order chi connectivity index (χ1) is 5.15. The largest absolute Gasteiger partial charge is 0.478 e. The molecule has 1 aromatic rings. The maximum atomic E-state index is 12.0. The Kier molecular flexibility index (Phi) is 3.69. The molecule has 0 aliphatic rings. The fraction of sp³-hybridized carbons (Fsp3) is 0.333. The van der Waals surface area contributed by atoms with E-state index in [1.807, 2.05) is 0 Å². The van der Waals surface area contributed by atoms with Crippen molar-refractivity contribution in [3.63, 3.8) is 0 Å². The van der Waals surface area contributed by atoms with Crippen molar-refractivity contribution in [1.82, 2.24) is 9.78 Å². The first kappa shape index (κ1) is 10.9. The molecule has 0 aliphatic carbocycles.